The third-order valence-corrected chi connectivity index (χ3v) is 5.49. The fourth-order valence-electron chi connectivity index (χ4n) is 3.70. The van der Waals surface area contributed by atoms with Crippen LogP contribution in [0, 0.1) is 0 Å². The molecule has 1 saturated heterocycles. The van der Waals surface area contributed by atoms with Crippen molar-refractivity contribution in [2.75, 3.05) is 30.8 Å². The molecule has 0 saturated carbocycles. The van der Waals surface area contributed by atoms with E-state index in [0.717, 1.165) is 44.3 Å². The Morgan fingerprint density at radius 1 is 1.04 bits per heavy atom. The molecule has 0 amide bonds. The van der Waals surface area contributed by atoms with E-state index in [1.807, 2.05) is 0 Å². The number of hydrogen-bond donors (Lipinski definition) is 0. The highest BCUT2D eigenvalue weighted by atomic mass is 32.2. The zero-order valence-corrected chi connectivity index (χ0v) is 15.1. The van der Waals surface area contributed by atoms with E-state index in [1.165, 1.54) is 35.5 Å². The van der Waals surface area contributed by atoms with E-state index in [0.29, 0.717) is 0 Å². The van der Waals surface area contributed by atoms with Gasteiger partial charge in [-0.2, -0.15) is 0 Å². The summed E-state index contributed by atoms with van der Waals surface area (Å²) in [6, 6.07) is 10.7. The highest BCUT2D eigenvalue weighted by molar-refractivity contribution is 7.98. The Morgan fingerprint density at radius 2 is 1.83 bits per heavy atom. The van der Waals surface area contributed by atoms with Gasteiger partial charge in [-0.05, 0) is 31.1 Å². The molecule has 0 atom stereocenters. The van der Waals surface area contributed by atoms with Crippen molar-refractivity contribution in [1.82, 2.24) is 14.9 Å². The summed E-state index contributed by atoms with van der Waals surface area (Å²) in [5.41, 5.74) is 4.00. The molecular weight excluding hydrogens is 316 g/mol. The summed E-state index contributed by atoms with van der Waals surface area (Å²) in [5.74, 6) is 1.21. The van der Waals surface area contributed by atoms with Crippen LogP contribution in [0.4, 0.5) is 5.82 Å². The lowest BCUT2D eigenvalue weighted by Gasteiger charge is -2.31. The largest absolute Gasteiger partial charge is 0.356 e. The molecule has 4 rings (SSSR count). The van der Waals surface area contributed by atoms with Crippen molar-refractivity contribution in [3.05, 3.63) is 47.2 Å². The second kappa shape index (κ2) is 7.11. The molecule has 0 N–H and O–H groups in total. The minimum absolute atomic E-state index is 0.914. The number of rotatable bonds is 4. The molecule has 1 fully saturated rings. The van der Waals surface area contributed by atoms with Gasteiger partial charge in [0.15, 0.2) is 5.16 Å². The van der Waals surface area contributed by atoms with Crippen LogP contribution >= 0.6 is 11.8 Å². The Morgan fingerprint density at radius 3 is 2.58 bits per heavy atom. The molecule has 24 heavy (non-hydrogen) atoms. The summed E-state index contributed by atoms with van der Waals surface area (Å²) in [5, 5.41) is 0.914. The van der Waals surface area contributed by atoms with Crippen molar-refractivity contribution in [3.8, 4) is 0 Å². The van der Waals surface area contributed by atoms with E-state index in [4.69, 9.17) is 9.97 Å². The van der Waals surface area contributed by atoms with Gasteiger partial charge in [-0.25, -0.2) is 9.97 Å². The molecule has 0 bridgehead atoms. The smallest absolute Gasteiger partial charge is 0.189 e. The Balaban J connectivity index is 1.59. The number of benzene rings is 1. The van der Waals surface area contributed by atoms with Gasteiger partial charge in [0, 0.05) is 38.3 Å². The molecule has 0 spiro atoms. The lowest BCUT2D eigenvalue weighted by atomic mass is 10.0. The Labute approximate surface area is 148 Å². The molecule has 3 heterocycles. The normalized spacial score (nSPS) is 18.0. The van der Waals surface area contributed by atoms with Crippen molar-refractivity contribution in [2.24, 2.45) is 0 Å². The molecule has 1 aromatic carbocycles. The molecule has 126 valence electrons. The monoisotopic (exact) mass is 340 g/mol. The van der Waals surface area contributed by atoms with Crippen LogP contribution in [0.25, 0.3) is 0 Å². The number of hydrogen-bond acceptors (Lipinski definition) is 5. The summed E-state index contributed by atoms with van der Waals surface area (Å²) in [6.07, 6.45) is 5.70. The summed E-state index contributed by atoms with van der Waals surface area (Å²) < 4.78 is 0. The van der Waals surface area contributed by atoms with E-state index in [-0.39, 0.29) is 0 Å². The average Bonchev–Trinajstić information content (AvgIpc) is 3.16. The fraction of sp³-hybridized carbons (Fsp3) is 0.474. The maximum absolute atomic E-state index is 4.85. The maximum Gasteiger partial charge on any atom is 0.189 e. The van der Waals surface area contributed by atoms with Crippen LogP contribution in [0.15, 0.2) is 35.5 Å². The van der Waals surface area contributed by atoms with Gasteiger partial charge in [-0.1, -0.05) is 42.1 Å². The Kier molecular flexibility index (Phi) is 4.72. The van der Waals surface area contributed by atoms with E-state index in [1.54, 1.807) is 11.8 Å². The topological polar surface area (TPSA) is 32.3 Å². The standard InChI is InChI=1S/C19H24N4S/c1-24-19-20-17-14-22(13-15-7-3-2-4-8-15)12-9-16(17)18(21-19)23-10-5-6-11-23/h2-4,7-8H,5-6,9-14H2,1H3. The predicted molar refractivity (Wildman–Crippen MR) is 99.5 cm³/mol. The minimum Gasteiger partial charge on any atom is -0.356 e. The molecule has 1 aromatic heterocycles. The predicted octanol–water partition coefficient (Wildman–Crippen LogP) is 3.36. The number of thioether (sulfide) groups is 1. The average molecular weight is 340 g/mol. The lowest BCUT2D eigenvalue weighted by Crippen LogP contribution is -2.33. The van der Waals surface area contributed by atoms with Crippen molar-refractivity contribution < 1.29 is 0 Å². The highest BCUT2D eigenvalue weighted by Gasteiger charge is 2.26. The summed E-state index contributed by atoms with van der Waals surface area (Å²) in [7, 11) is 0. The van der Waals surface area contributed by atoms with E-state index < -0.39 is 0 Å². The molecule has 5 heteroatoms. The van der Waals surface area contributed by atoms with E-state index >= 15 is 0 Å². The maximum atomic E-state index is 4.85. The van der Waals surface area contributed by atoms with Gasteiger partial charge in [0.25, 0.3) is 0 Å². The van der Waals surface area contributed by atoms with Crippen molar-refractivity contribution in [1.29, 1.82) is 0 Å². The Hall–Kier alpha value is -1.59. The number of anilines is 1. The van der Waals surface area contributed by atoms with Crippen LogP contribution in [0.5, 0.6) is 0 Å². The molecule has 0 radical (unpaired) electrons. The first-order valence-electron chi connectivity index (χ1n) is 8.78. The second-order valence-corrected chi connectivity index (χ2v) is 7.37. The van der Waals surface area contributed by atoms with Crippen molar-refractivity contribution >= 4 is 17.6 Å². The SMILES string of the molecule is CSc1nc2c(c(N3CCCC3)n1)CCN(Cc1ccccc1)C2. The molecule has 2 aromatic rings. The van der Waals surface area contributed by atoms with Gasteiger partial charge in [-0.15, -0.1) is 0 Å². The fourth-order valence-corrected chi connectivity index (χ4v) is 4.08. The van der Waals surface area contributed by atoms with Crippen LogP contribution in [0.1, 0.15) is 29.7 Å². The zero-order chi connectivity index (χ0) is 16.4. The van der Waals surface area contributed by atoms with Crippen molar-refractivity contribution in [2.45, 2.75) is 37.5 Å². The summed E-state index contributed by atoms with van der Waals surface area (Å²) in [6.45, 7) is 5.31. The van der Waals surface area contributed by atoms with E-state index in [9.17, 15) is 0 Å². The minimum atomic E-state index is 0.914. The summed E-state index contributed by atoms with van der Waals surface area (Å²) in [4.78, 5) is 14.7. The number of fused-ring (bicyclic) bond motifs is 1. The molecule has 4 nitrogen and oxygen atoms in total. The van der Waals surface area contributed by atoms with Gasteiger partial charge in [0.2, 0.25) is 0 Å². The van der Waals surface area contributed by atoms with Crippen LogP contribution in [-0.2, 0) is 19.5 Å². The molecule has 0 unspecified atom stereocenters. The van der Waals surface area contributed by atoms with Gasteiger partial charge in [0.1, 0.15) is 5.82 Å². The van der Waals surface area contributed by atoms with Crippen LogP contribution in [-0.4, -0.2) is 40.8 Å². The molecule has 2 aliphatic heterocycles. The number of aromatic nitrogens is 2. The van der Waals surface area contributed by atoms with Crippen LogP contribution in [0.2, 0.25) is 0 Å². The first-order chi connectivity index (χ1) is 11.8. The first-order valence-corrected chi connectivity index (χ1v) is 10.0. The highest BCUT2D eigenvalue weighted by Crippen LogP contribution is 2.30. The van der Waals surface area contributed by atoms with Gasteiger partial charge in [-0.3, -0.25) is 4.90 Å². The lowest BCUT2D eigenvalue weighted by molar-refractivity contribution is 0.240. The quantitative estimate of drug-likeness (QED) is 0.629. The molecule has 2 aliphatic rings. The van der Waals surface area contributed by atoms with Crippen LogP contribution in [0.3, 0.4) is 0 Å². The van der Waals surface area contributed by atoms with Gasteiger partial charge >= 0.3 is 0 Å². The van der Waals surface area contributed by atoms with Gasteiger partial charge < -0.3 is 4.90 Å². The molecule has 0 aliphatic carbocycles. The third kappa shape index (κ3) is 3.28. The van der Waals surface area contributed by atoms with Crippen LogP contribution < -0.4 is 4.90 Å². The Bertz CT molecular complexity index is 698. The van der Waals surface area contributed by atoms with E-state index in [2.05, 4.69) is 46.4 Å². The summed E-state index contributed by atoms with van der Waals surface area (Å²) >= 11 is 1.65. The molecular formula is C19H24N4S. The third-order valence-electron chi connectivity index (χ3n) is 4.94. The zero-order valence-electron chi connectivity index (χ0n) is 14.2. The second-order valence-electron chi connectivity index (χ2n) is 6.60. The number of nitrogens with zero attached hydrogens (tertiary/aromatic N) is 4. The first kappa shape index (κ1) is 15.9. The van der Waals surface area contributed by atoms with Gasteiger partial charge in [0.05, 0.1) is 5.69 Å². The van der Waals surface area contributed by atoms with Crippen molar-refractivity contribution in [3.63, 3.8) is 0 Å².